The zero-order valence-electron chi connectivity index (χ0n) is 12.1. The van der Waals surface area contributed by atoms with E-state index in [4.69, 9.17) is 4.74 Å². The molecule has 5 heteroatoms. The molecule has 1 fully saturated rings. The smallest absolute Gasteiger partial charge is 0.328 e. The van der Waals surface area contributed by atoms with Gasteiger partial charge in [-0.2, -0.15) is 11.8 Å². The topological polar surface area (TPSA) is 41.6 Å². The summed E-state index contributed by atoms with van der Waals surface area (Å²) in [7, 11) is 0. The van der Waals surface area contributed by atoms with E-state index in [9.17, 15) is 4.79 Å². The first-order valence-corrected chi connectivity index (χ1v) is 8.22. The molecule has 1 atom stereocenters. The van der Waals surface area contributed by atoms with Crippen LogP contribution in [0.5, 0.6) is 0 Å². The molecule has 0 saturated carbocycles. The second-order valence-corrected chi connectivity index (χ2v) is 5.99. The molecule has 1 aliphatic heterocycles. The second-order valence-electron chi connectivity index (χ2n) is 4.76. The van der Waals surface area contributed by atoms with Crippen LogP contribution < -0.4 is 10.2 Å². The van der Waals surface area contributed by atoms with E-state index in [1.54, 1.807) is 0 Å². The Balaban J connectivity index is 1.92. The van der Waals surface area contributed by atoms with Crippen LogP contribution in [0.15, 0.2) is 24.3 Å². The van der Waals surface area contributed by atoms with Crippen LogP contribution in [0.3, 0.4) is 0 Å². The molecule has 0 bridgehead atoms. The third-order valence-corrected chi connectivity index (χ3v) is 4.21. The van der Waals surface area contributed by atoms with E-state index in [-0.39, 0.29) is 12.0 Å². The quantitative estimate of drug-likeness (QED) is 0.846. The average Bonchev–Trinajstić information content (AvgIpc) is 2.49. The number of ether oxygens (including phenoxy) is 1. The molecule has 0 aliphatic carbocycles. The summed E-state index contributed by atoms with van der Waals surface area (Å²) >= 11 is 2.01. The number of nitrogens with zero attached hydrogens (tertiary/aromatic N) is 1. The zero-order valence-corrected chi connectivity index (χ0v) is 12.9. The Labute approximate surface area is 124 Å². The Kier molecular flexibility index (Phi) is 5.59. The number of hydrogen-bond donors (Lipinski definition) is 1. The summed E-state index contributed by atoms with van der Waals surface area (Å²) in [6, 6.07) is 7.93. The molecule has 0 amide bonds. The minimum absolute atomic E-state index is 0.218. The number of nitrogens with one attached hydrogen (secondary N) is 1. The van der Waals surface area contributed by atoms with Crippen LogP contribution >= 0.6 is 11.8 Å². The second kappa shape index (κ2) is 7.43. The predicted molar refractivity (Wildman–Crippen MR) is 85.7 cm³/mol. The molecule has 0 radical (unpaired) electrons. The molecule has 0 aromatic heterocycles. The number of hydrogen-bond acceptors (Lipinski definition) is 5. The maximum atomic E-state index is 11.6. The van der Waals surface area contributed by atoms with Gasteiger partial charge in [0.15, 0.2) is 0 Å². The summed E-state index contributed by atoms with van der Waals surface area (Å²) in [6.07, 6.45) is 0. The molecular weight excluding hydrogens is 272 g/mol. The normalized spacial score (nSPS) is 16.6. The van der Waals surface area contributed by atoms with E-state index in [0.29, 0.717) is 6.61 Å². The lowest BCUT2D eigenvalue weighted by Gasteiger charge is -2.28. The molecule has 4 nitrogen and oxygen atoms in total. The first-order chi connectivity index (χ1) is 9.70. The van der Waals surface area contributed by atoms with Gasteiger partial charge in [0.05, 0.1) is 6.61 Å². The molecule has 20 heavy (non-hydrogen) atoms. The van der Waals surface area contributed by atoms with Crippen molar-refractivity contribution in [1.29, 1.82) is 0 Å². The fraction of sp³-hybridized carbons (Fsp3) is 0.533. The summed E-state index contributed by atoms with van der Waals surface area (Å²) in [5.74, 6) is 2.17. The van der Waals surface area contributed by atoms with Gasteiger partial charge in [-0.25, -0.2) is 4.79 Å². The highest BCUT2D eigenvalue weighted by atomic mass is 32.2. The van der Waals surface area contributed by atoms with Gasteiger partial charge in [0.1, 0.15) is 6.04 Å². The van der Waals surface area contributed by atoms with Gasteiger partial charge in [0, 0.05) is 36.0 Å². The van der Waals surface area contributed by atoms with Crippen molar-refractivity contribution in [3.05, 3.63) is 24.3 Å². The monoisotopic (exact) mass is 294 g/mol. The number of esters is 1. The predicted octanol–water partition coefficient (Wildman–Crippen LogP) is 2.60. The van der Waals surface area contributed by atoms with Gasteiger partial charge in [-0.15, -0.1) is 0 Å². The molecular formula is C15H22N2O2S. The third kappa shape index (κ3) is 4.07. The van der Waals surface area contributed by atoms with Crippen molar-refractivity contribution in [2.24, 2.45) is 0 Å². The maximum Gasteiger partial charge on any atom is 0.328 e. The Morgan fingerprint density at radius 2 is 2.00 bits per heavy atom. The summed E-state index contributed by atoms with van der Waals surface area (Å²) < 4.78 is 4.98. The van der Waals surface area contributed by atoms with Gasteiger partial charge >= 0.3 is 5.97 Å². The van der Waals surface area contributed by atoms with Crippen LogP contribution in [0.1, 0.15) is 13.8 Å². The minimum atomic E-state index is -0.327. The lowest BCUT2D eigenvalue weighted by molar-refractivity contribution is -0.143. The van der Waals surface area contributed by atoms with Gasteiger partial charge in [0.25, 0.3) is 0 Å². The number of anilines is 2. The van der Waals surface area contributed by atoms with Gasteiger partial charge in [-0.1, -0.05) is 0 Å². The van der Waals surface area contributed by atoms with Crippen molar-refractivity contribution in [2.45, 2.75) is 19.9 Å². The Morgan fingerprint density at radius 1 is 1.35 bits per heavy atom. The Morgan fingerprint density at radius 3 is 2.60 bits per heavy atom. The van der Waals surface area contributed by atoms with Crippen LogP contribution in [-0.4, -0.2) is 43.2 Å². The number of carbonyl (C=O) groups is 1. The fourth-order valence-corrected chi connectivity index (χ4v) is 3.07. The first-order valence-electron chi connectivity index (χ1n) is 7.06. The molecule has 1 saturated heterocycles. The van der Waals surface area contributed by atoms with Crippen LogP contribution in [0.25, 0.3) is 0 Å². The van der Waals surface area contributed by atoms with Crippen molar-refractivity contribution in [1.82, 2.24) is 0 Å². The SMILES string of the molecule is CCOC(=O)[C@H](C)Nc1ccc(N2CCSCC2)cc1. The zero-order chi connectivity index (χ0) is 14.4. The highest BCUT2D eigenvalue weighted by Gasteiger charge is 2.14. The van der Waals surface area contributed by atoms with E-state index in [1.165, 1.54) is 17.2 Å². The molecule has 2 rings (SSSR count). The van der Waals surface area contributed by atoms with Crippen molar-refractivity contribution in [3.63, 3.8) is 0 Å². The Hall–Kier alpha value is -1.36. The number of thioether (sulfide) groups is 1. The van der Waals surface area contributed by atoms with Gasteiger partial charge < -0.3 is 15.0 Å². The molecule has 0 spiro atoms. The van der Waals surface area contributed by atoms with Gasteiger partial charge in [-0.05, 0) is 38.1 Å². The van der Waals surface area contributed by atoms with Crippen LogP contribution in [0.2, 0.25) is 0 Å². The minimum Gasteiger partial charge on any atom is -0.464 e. The van der Waals surface area contributed by atoms with Gasteiger partial charge in [-0.3, -0.25) is 0 Å². The van der Waals surface area contributed by atoms with E-state index in [1.807, 2.05) is 37.7 Å². The average molecular weight is 294 g/mol. The number of carbonyl (C=O) groups excluding carboxylic acids is 1. The fourth-order valence-electron chi connectivity index (χ4n) is 2.17. The lowest BCUT2D eigenvalue weighted by atomic mass is 10.2. The summed E-state index contributed by atoms with van der Waals surface area (Å²) in [5.41, 5.74) is 2.19. The number of benzene rings is 1. The van der Waals surface area contributed by atoms with E-state index >= 15 is 0 Å². The molecule has 0 unspecified atom stereocenters. The van der Waals surface area contributed by atoms with Crippen molar-refractivity contribution >= 4 is 29.1 Å². The molecule has 1 N–H and O–H groups in total. The van der Waals surface area contributed by atoms with Crippen molar-refractivity contribution < 1.29 is 9.53 Å². The number of rotatable bonds is 5. The van der Waals surface area contributed by atoms with Crippen LogP contribution in [-0.2, 0) is 9.53 Å². The Bertz CT molecular complexity index is 430. The third-order valence-electron chi connectivity index (χ3n) is 3.27. The van der Waals surface area contributed by atoms with E-state index in [2.05, 4.69) is 22.3 Å². The van der Waals surface area contributed by atoms with E-state index in [0.717, 1.165) is 18.8 Å². The highest BCUT2D eigenvalue weighted by Crippen LogP contribution is 2.21. The first kappa shape index (κ1) is 15.0. The maximum absolute atomic E-state index is 11.6. The van der Waals surface area contributed by atoms with Crippen molar-refractivity contribution in [2.75, 3.05) is 41.4 Å². The van der Waals surface area contributed by atoms with Crippen LogP contribution in [0.4, 0.5) is 11.4 Å². The molecule has 1 aliphatic rings. The summed E-state index contributed by atoms with van der Waals surface area (Å²) in [5, 5.41) is 3.16. The lowest BCUT2D eigenvalue weighted by Crippen LogP contribution is -2.32. The molecule has 1 aromatic carbocycles. The highest BCUT2D eigenvalue weighted by molar-refractivity contribution is 7.99. The summed E-state index contributed by atoms with van der Waals surface area (Å²) in [4.78, 5) is 14.0. The molecule has 1 heterocycles. The molecule has 110 valence electrons. The largest absolute Gasteiger partial charge is 0.464 e. The van der Waals surface area contributed by atoms with E-state index < -0.39 is 0 Å². The van der Waals surface area contributed by atoms with Gasteiger partial charge in [0.2, 0.25) is 0 Å². The standard InChI is InChI=1S/C15H22N2O2S/c1-3-19-15(18)12(2)16-13-4-6-14(7-5-13)17-8-10-20-11-9-17/h4-7,12,16H,3,8-11H2,1-2H3/t12-/m0/s1. The van der Waals surface area contributed by atoms with Crippen LogP contribution in [0, 0.1) is 0 Å². The molecule has 1 aromatic rings. The van der Waals surface area contributed by atoms with Crippen molar-refractivity contribution in [3.8, 4) is 0 Å². The summed E-state index contributed by atoms with van der Waals surface area (Å²) in [6.45, 7) is 6.26.